The van der Waals surface area contributed by atoms with Gasteiger partial charge >= 0.3 is 18.4 Å². The van der Waals surface area contributed by atoms with Crippen molar-refractivity contribution < 1.29 is 33.7 Å². The summed E-state index contributed by atoms with van der Waals surface area (Å²) in [6.07, 6.45) is 0.366. The fourth-order valence-electron chi connectivity index (χ4n) is 1.69. The van der Waals surface area contributed by atoms with Crippen molar-refractivity contribution in [3.05, 3.63) is 0 Å². The molecule has 0 bridgehead atoms. The van der Waals surface area contributed by atoms with Crippen molar-refractivity contribution >= 4 is 18.4 Å². The van der Waals surface area contributed by atoms with Gasteiger partial charge in [0.25, 0.3) is 0 Å². The Labute approximate surface area is 143 Å². The molecule has 0 saturated carbocycles. The molecule has 8 nitrogen and oxygen atoms in total. The summed E-state index contributed by atoms with van der Waals surface area (Å²) in [5.41, 5.74) is -1.39. The molecule has 1 heterocycles. The predicted octanol–water partition coefficient (Wildman–Crippen LogP) is 4.02. The maximum absolute atomic E-state index is 11.0. The van der Waals surface area contributed by atoms with Crippen LogP contribution in [0.15, 0.2) is 0 Å². The molecule has 8 heteroatoms. The quantitative estimate of drug-likeness (QED) is 0.521. The lowest BCUT2D eigenvalue weighted by Gasteiger charge is -2.22. The molecule has 1 fully saturated rings. The van der Waals surface area contributed by atoms with Crippen LogP contribution in [0.2, 0.25) is 0 Å². The Hall–Kier alpha value is -1.99. The fourth-order valence-corrected chi connectivity index (χ4v) is 1.69. The van der Waals surface area contributed by atoms with Crippen molar-refractivity contribution in [3.8, 4) is 0 Å². The zero-order chi connectivity index (χ0) is 19.0. The van der Waals surface area contributed by atoms with Crippen LogP contribution in [-0.2, 0) is 14.2 Å². The molecule has 0 aromatic heterocycles. The molecule has 0 aromatic rings. The summed E-state index contributed by atoms with van der Waals surface area (Å²) < 4.78 is 13.8. The standard InChI is InChI=1S/C10H18O5.C6H11NO2/c1-9(2,3)14-7(11)13-8(12)15-10(4,5)6;8-6(9)7-4-2-1-3-5-7/h1-6H3;1-5H2,(H,8,9). The Bertz CT molecular complexity index is 403. The Morgan fingerprint density at radius 2 is 1.17 bits per heavy atom. The molecule has 0 aromatic carbocycles. The monoisotopic (exact) mass is 347 g/mol. The summed E-state index contributed by atoms with van der Waals surface area (Å²) in [7, 11) is 0. The van der Waals surface area contributed by atoms with Crippen LogP contribution in [0.25, 0.3) is 0 Å². The van der Waals surface area contributed by atoms with Gasteiger partial charge < -0.3 is 24.2 Å². The maximum Gasteiger partial charge on any atom is 0.519 e. The summed E-state index contributed by atoms with van der Waals surface area (Å²) in [6.45, 7) is 11.5. The van der Waals surface area contributed by atoms with Gasteiger partial charge in [0.15, 0.2) is 0 Å². The van der Waals surface area contributed by atoms with Gasteiger partial charge in [0, 0.05) is 13.1 Å². The number of likely N-dealkylation sites (tertiary alicyclic amines) is 1. The van der Waals surface area contributed by atoms with Crippen LogP contribution in [0.5, 0.6) is 0 Å². The lowest BCUT2D eigenvalue weighted by molar-refractivity contribution is -0.0293. The van der Waals surface area contributed by atoms with E-state index >= 15 is 0 Å². The summed E-state index contributed by atoms with van der Waals surface area (Å²) in [6, 6.07) is 0. The lowest BCUT2D eigenvalue weighted by Crippen LogP contribution is -2.34. The van der Waals surface area contributed by atoms with Gasteiger partial charge in [-0.1, -0.05) is 0 Å². The summed E-state index contributed by atoms with van der Waals surface area (Å²) in [5, 5.41) is 8.46. The zero-order valence-electron chi connectivity index (χ0n) is 15.4. The van der Waals surface area contributed by atoms with Crippen LogP contribution in [0.4, 0.5) is 14.4 Å². The van der Waals surface area contributed by atoms with E-state index in [0.29, 0.717) is 0 Å². The van der Waals surface area contributed by atoms with E-state index in [1.165, 1.54) is 11.3 Å². The number of ether oxygens (including phenoxy) is 3. The number of hydrogen-bond acceptors (Lipinski definition) is 6. The van der Waals surface area contributed by atoms with Gasteiger partial charge in [0.05, 0.1) is 0 Å². The second-order valence-corrected chi connectivity index (χ2v) is 7.36. The second kappa shape index (κ2) is 9.34. The minimum Gasteiger partial charge on any atom is -0.465 e. The van der Waals surface area contributed by atoms with E-state index in [1.54, 1.807) is 41.5 Å². The van der Waals surface area contributed by atoms with E-state index in [9.17, 15) is 14.4 Å². The Kier molecular flexibility index (Phi) is 8.57. The predicted molar refractivity (Wildman–Crippen MR) is 87.0 cm³/mol. The minimum atomic E-state index is -1.06. The topological polar surface area (TPSA) is 102 Å². The van der Waals surface area contributed by atoms with E-state index in [4.69, 9.17) is 14.6 Å². The van der Waals surface area contributed by atoms with Crippen LogP contribution in [0.3, 0.4) is 0 Å². The summed E-state index contributed by atoms with van der Waals surface area (Å²) in [5.74, 6) is 0. The molecule has 0 atom stereocenters. The normalized spacial score (nSPS) is 14.8. The highest BCUT2D eigenvalue weighted by atomic mass is 16.8. The van der Waals surface area contributed by atoms with Crippen LogP contribution in [0.1, 0.15) is 60.8 Å². The third kappa shape index (κ3) is 12.5. The van der Waals surface area contributed by atoms with Crippen molar-refractivity contribution in [1.29, 1.82) is 0 Å². The van der Waals surface area contributed by atoms with Gasteiger partial charge in [-0.25, -0.2) is 14.4 Å². The van der Waals surface area contributed by atoms with Gasteiger partial charge in [0.2, 0.25) is 0 Å². The molecule has 1 rings (SSSR count). The van der Waals surface area contributed by atoms with Gasteiger partial charge in [-0.15, -0.1) is 0 Å². The van der Waals surface area contributed by atoms with E-state index in [0.717, 1.165) is 25.9 Å². The van der Waals surface area contributed by atoms with E-state index in [1.807, 2.05) is 0 Å². The first-order valence-electron chi connectivity index (χ1n) is 7.92. The van der Waals surface area contributed by atoms with Crippen LogP contribution < -0.4 is 0 Å². The molecule has 0 spiro atoms. The van der Waals surface area contributed by atoms with Crippen molar-refractivity contribution in [2.24, 2.45) is 0 Å². The molecular formula is C16H29NO7. The average Bonchev–Trinajstić information content (AvgIpc) is 2.35. The van der Waals surface area contributed by atoms with Gasteiger partial charge in [-0.05, 0) is 60.8 Å². The SMILES string of the molecule is CC(C)(C)OC(=O)OC(=O)OC(C)(C)C.O=C(O)N1CCCCC1. The van der Waals surface area contributed by atoms with Crippen molar-refractivity contribution in [2.75, 3.05) is 13.1 Å². The van der Waals surface area contributed by atoms with Gasteiger partial charge in [-0.2, -0.15) is 0 Å². The van der Waals surface area contributed by atoms with Crippen molar-refractivity contribution in [1.82, 2.24) is 4.90 Å². The van der Waals surface area contributed by atoms with Gasteiger partial charge in [-0.3, -0.25) is 0 Å². The third-order valence-electron chi connectivity index (χ3n) is 2.57. The zero-order valence-corrected chi connectivity index (χ0v) is 15.4. The molecule has 1 saturated heterocycles. The molecule has 0 aliphatic carbocycles. The van der Waals surface area contributed by atoms with E-state index < -0.39 is 29.6 Å². The molecule has 140 valence electrons. The van der Waals surface area contributed by atoms with E-state index in [2.05, 4.69) is 4.74 Å². The van der Waals surface area contributed by atoms with Crippen LogP contribution >= 0.6 is 0 Å². The first-order chi connectivity index (χ1) is 10.8. The van der Waals surface area contributed by atoms with Crippen LogP contribution in [0, 0.1) is 0 Å². The number of carbonyl (C=O) groups excluding carboxylic acids is 2. The highest BCUT2D eigenvalue weighted by Crippen LogP contribution is 2.11. The number of hydrogen-bond donors (Lipinski definition) is 1. The molecule has 24 heavy (non-hydrogen) atoms. The Balaban J connectivity index is 0.000000496. The molecule has 1 aliphatic rings. The highest BCUT2D eigenvalue weighted by Gasteiger charge is 2.24. The highest BCUT2D eigenvalue weighted by molar-refractivity contribution is 5.77. The first kappa shape index (κ1) is 22.0. The van der Waals surface area contributed by atoms with Crippen molar-refractivity contribution in [2.45, 2.75) is 72.0 Å². The number of nitrogens with zero attached hydrogens (tertiary/aromatic N) is 1. The second-order valence-electron chi connectivity index (χ2n) is 7.36. The number of carbonyl (C=O) groups is 3. The average molecular weight is 347 g/mol. The largest absolute Gasteiger partial charge is 0.519 e. The third-order valence-corrected chi connectivity index (χ3v) is 2.57. The number of piperidine rings is 1. The molecule has 0 unspecified atom stereocenters. The summed E-state index contributed by atoms with van der Waals surface area (Å²) >= 11 is 0. The number of amides is 1. The van der Waals surface area contributed by atoms with Crippen LogP contribution in [-0.4, -0.2) is 52.7 Å². The fraction of sp³-hybridized carbons (Fsp3) is 0.812. The van der Waals surface area contributed by atoms with E-state index in [-0.39, 0.29) is 0 Å². The van der Waals surface area contributed by atoms with Gasteiger partial charge in [0.1, 0.15) is 11.2 Å². The minimum absolute atomic E-state index is 0.695. The molecule has 1 amide bonds. The number of rotatable bonds is 0. The molecular weight excluding hydrogens is 318 g/mol. The molecule has 0 radical (unpaired) electrons. The first-order valence-corrected chi connectivity index (χ1v) is 7.92. The lowest BCUT2D eigenvalue weighted by atomic mass is 10.1. The van der Waals surface area contributed by atoms with Crippen molar-refractivity contribution in [3.63, 3.8) is 0 Å². The Morgan fingerprint density at radius 1 is 0.792 bits per heavy atom. The number of carboxylic acid groups (broad SMARTS) is 1. The maximum atomic E-state index is 11.0. The summed E-state index contributed by atoms with van der Waals surface area (Å²) in [4.78, 5) is 33.8. The molecule has 1 N–H and O–H groups in total. The molecule has 1 aliphatic heterocycles. The smallest absolute Gasteiger partial charge is 0.465 e. The Morgan fingerprint density at radius 3 is 1.42 bits per heavy atom.